The quantitative estimate of drug-likeness (QED) is 0.472. The standard InChI is InChI=1S/C23H33N5O3/c29-21(27-10-6-1-2-7-11-27)17-25-12-14-26(15-13-25)18-28-22(30)20(24-23(28)31)16-19-8-4-3-5-9-19/h3-5,8-9,20H,1-2,6-7,10-18H2,(H,24,31)/p+2/t20-/m1/s1. The highest BCUT2D eigenvalue weighted by Gasteiger charge is 2.40. The first kappa shape index (κ1) is 21.8. The lowest BCUT2D eigenvalue weighted by atomic mass is 10.1. The van der Waals surface area contributed by atoms with Gasteiger partial charge in [-0.15, -0.1) is 0 Å². The molecule has 1 atom stereocenters. The third kappa shape index (κ3) is 5.62. The molecule has 3 fully saturated rings. The van der Waals surface area contributed by atoms with Crippen LogP contribution in [0.25, 0.3) is 0 Å². The molecule has 0 unspecified atom stereocenters. The van der Waals surface area contributed by atoms with Crippen LogP contribution in [0.4, 0.5) is 4.79 Å². The number of amides is 4. The molecule has 0 saturated carbocycles. The van der Waals surface area contributed by atoms with E-state index in [0.29, 0.717) is 19.6 Å². The summed E-state index contributed by atoms with van der Waals surface area (Å²) >= 11 is 0. The summed E-state index contributed by atoms with van der Waals surface area (Å²) in [6.07, 6.45) is 5.22. The van der Waals surface area contributed by atoms with Gasteiger partial charge in [-0.1, -0.05) is 43.2 Å². The van der Waals surface area contributed by atoms with Crippen molar-refractivity contribution in [1.82, 2.24) is 15.1 Å². The minimum Gasteiger partial charge on any atom is -0.338 e. The minimum atomic E-state index is -0.479. The van der Waals surface area contributed by atoms with Crippen molar-refractivity contribution in [3.63, 3.8) is 0 Å². The van der Waals surface area contributed by atoms with E-state index in [-0.39, 0.29) is 17.8 Å². The number of rotatable bonds is 6. The van der Waals surface area contributed by atoms with Crippen LogP contribution >= 0.6 is 0 Å². The molecule has 8 nitrogen and oxygen atoms in total. The van der Waals surface area contributed by atoms with Gasteiger partial charge in [-0.25, -0.2) is 9.69 Å². The maximum Gasteiger partial charge on any atom is 0.329 e. The molecule has 0 aromatic heterocycles. The molecule has 8 heteroatoms. The van der Waals surface area contributed by atoms with Crippen LogP contribution in [0.3, 0.4) is 0 Å². The maximum atomic E-state index is 12.8. The Morgan fingerprint density at radius 3 is 2.26 bits per heavy atom. The minimum absolute atomic E-state index is 0.132. The Morgan fingerprint density at radius 2 is 1.58 bits per heavy atom. The van der Waals surface area contributed by atoms with Crippen molar-refractivity contribution in [2.45, 2.75) is 38.1 Å². The second-order valence-corrected chi connectivity index (χ2v) is 9.09. The number of piperazine rings is 1. The fraction of sp³-hybridized carbons (Fsp3) is 0.609. The summed E-state index contributed by atoms with van der Waals surface area (Å²) in [5, 5.41) is 2.84. The number of urea groups is 1. The zero-order valence-corrected chi connectivity index (χ0v) is 18.3. The highest BCUT2D eigenvalue weighted by Crippen LogP contribution is 2.11. The van der Waals surface area contributed by atoms with Crippen LogP contribution in [0.2, 0.25) is 0 Å². The molecule has 0 bridgehead atoms. The van der Waals surface area contributed by atoms with Crippen molar-refractivity contribution in [3.05, 3.63) is 35.9 Å². The number of hydrogen-bond donors (Lipinski definition) is 3. The van der Waals surface area contributed by atoms with Gasteiger partial charge in [-0.3, -0.25) is 9.59 Å². The van der Waals surface area contributed by atoms with Crippen molar-refractivity contribution in [3.8, 4) is 0 Å². The Hall–Kier alpha value is -2.45. The van der Waals surface area contributed by atoms with Gasteiger partial charge in [0.1, 0.15) is 32.2 Å². The number of quaternary nitrogens is 2. The zero-order valence-electron chi connectivity index (χ0n) is 18.3. The fourth-order valence-corrected chi connectivity index (χ4v) is 4.88. The van der Waals surface area contributed by atoms with Crippen LogP contribution < -0.4 is 15.1 Å². The second kappa shape index (κ2) is 10.2. The Balaban J connectivity index is 1.22. The van der Waals surface area contributed by atoms with Crippen molar-refractivity contribution in [1.29, 1.82) is 0 Å². The SMILES string of the molecule is O=C(C[NH+]1CC[NH+](CN2C(=O)N[C@H](Cc3ccccc3)C2=O)CC1)N1CCCCCC1. The summed E-state index contributed by atoms with van der Waals surface area (Å²) in [6, 6.07) is 9.01. The predicted molar refractivity (Wildman–Crippen MR) is 115 cm³/mol. The highest BCUT2D eigenvalue weighted by atomic mass is 16.2. The Labute approximate surface area is 184 Å². The molecule has 1 aromatic carbocycles. The van der Waals surface area contributed by atoms with Crippen LogP contribution in [-0.4, -0.2) is 86.2 Å². The van der Waals surface area contributed by atoms with Gasteiger partial charge in [0.15, 0.2) is 13.2 Å². The number of benzene rings is 1. The fourth-order valence-electron chi connectivity index (χ4n) is 4.88. The van der Waals surface area contributed by atoms with Gasteiger partial charge < -0.3 is 20.0 Å². The molecule has 168 valence electrons. The molecule has 0 aliphatic carbocycles. The van der Waals surface area contributed by atoms with Gasteiger partial charge in [-0.05, 0) is 18.4 Å². The van der Waals surface area contributed by atoms with Gasteiger partial charge in [0.25, 0.3) is 11.8 Å². The lowest BCUT2D eigenvalue weighted by molar-refractivity contribution is -1.01. The van der Waals surface area contributed by atoms with Crippen LogP contribution in [-0.2, 0) is 16.0 Å². The number of hydrogen-bond acceptors (Lipinski definition) is 3. The normalized spacial score (nSPS) is 27.2. The van der Waals surface area contributed by atoms with Gasteiger partial charge in [0.05, 0.1) is 0 Å². The van der Waals surface area contributed by atoms with E-state index < -0.39 is 6.04 Å². The van der Waals surface area contributed by atoms with E-state index in [1.165, 1.54) is 27.5 Å². The van der Waals surface area contributed by atoms with Crippen molar-refractivity contribution in [2.24, 2.45) is 0 Å². The molecule has 4 amide bonds. The number of carbonyl (C=O) groups is 3. The van der Waals surface area contributed by atoms with E-state index >= 15 is 0 Å². The van der Waals surface area contributed by atoms with E-state index in [2.05, 4.69) is 5.32 Å². The van der Waals surface area contributed by atoms with E-state index in [9.17, 15) is 14.4 Å². The highest BCUT2D eigenvalue weighted by molar-refractivity contribution is 6.04. The van der Waals surface area contributed by atoms with Gasteiger partial charge in [0.2, 0.25) is 0 Å². The van der Waals surface area contributed by atoms with Crippen molar-refractivity contribution < 1.29 is 24.2 Å². The third-order valence-corrected chi connectivity index (χ3v) is 6.80. The van der Waals surface area contributed by atoms with E-state index in [1.807, 2.05) is 35.2 Å². The lowest BCUT2D eigenvalue weighted by Gasteiger charge is -2.32. The van der Waals surface area contributed by atoms with E-state index in [0.717, 1.165) is 57.7 Å². The second-order valence-electron chi connectivity index (χ2n) is 9.09. The van der Waals surface area contributed by atoms with Crippen molar-refractivity contribution in [2.75, 3.05) is 52.5 Å². The van der Waals surface area contributed by atoms with Crippen LogP contribution in [0.1, 0.15) is 31.2 Å². The average molecular weight is 430 g/mol. The predicted octanol–water partition coefficient (Wildman–Crippen LogP) is -1.71. The Morgan fingerprint density at radius 1 is 0.935 bits per heavy atom. The smallest absolute Gasteiger partial charge is 0.329 e. The summed E-state index contributed by atoms with van der Waals surface area (Å²) in [5.74, 6) is 0.144. The molecule has 3 aliphatic rings. The third-order valence-electron chi connectivity index (χ3n) is 6.80. The lowest BCUT2D eigenvalue weighted by Crippen LogP contribution is -3.29. The molecular weight excluding hydrogens is 394 g/mol. The van der Waals surface area contributed by atoms with Gasteiger partial charge >= 0.3 is 6.03 Å². The zero-order chi connectivity index (χ0) is 21.6. The molecule has 0 radical (unpaired) electrons. The summed E-state index contributed by atoms with van der Waals surface area (Å²) in [7, 11) is 0. The molecule has 3 aliphatic heterocycles. The largest absolute Gasteiger partial charge is 0.338 e. The number of carbonyl (C=O) groups excluding carboxylic acids is 3. The summed E-state index contributed by atoms with van der Waals surface area (Å²) in [4.78, 5) is 43.8. The van der Waals surface area contributed by atoms with Crippen LogP contribution in [0, 0.1) is 0 Å². The van der Waals surface area contributed by atoms with E-state index in [1.54, 1.807) is 0 Å². The summed E-state index contributed by atoms with van der Waals surface area (Å²) in [5.41, 5.74) is 1.04. The molecule has 3 N–H and O–H groups in total. The molecule has 3 heterocycles. The van der Waals surface area contributed by atoms with Crippen LogP contribution in [0.15, 0.2) is 30.3 Å². The summed E-state index contributed by atoms with van der Waals surface area (Å²) < 4.78 is 0. The summed E-state index contributed by atoms with van der Waals surface area (Å²) in [6.45, 7) is 6.29. The van der Waals surface area contributed by atoms with Crippen LogP contribution in [0.5, 0.6) is 0 Å². The first-order valence-electron chi connectivity index (χ1n) is 11.7. The Kier molecular flexibility index (Phi) is 7.19. The maximum absolute atomic E-state index is 12.8. The first-order chi connectivity index (χ1) is 15.1. The van der Waals surface area contributed by atoms with Crippen molar-refractivity contribution >= 4 is 17.8 Å². The molecule has 0 spiro atoms. The molecule has 4 rings (SSSR count). The monoisotopic (exact) mass is 429 g/mol. The number of likely N-dealkylation sites (tertiary alicyclic amines) is 1. The van der Waals surface area contributed by atoms with Gasteiger partial charge in [-0.2, -0.15) is 0 Å². The van der Waals surface area contributed by atoms with E-state index in [4.69, 9.17) is 0 Å². The molecule has 31 heavy (non-hydrogen) atoms. The number of nitrogens with zero attached hydrogens (tertiary/aromatic N) is 2. The first-order valence-corrected chi connectivity index (χ1v) is 11.7. The average Bonchev–Trinajstić information content (AvgIpc) is 2.98. The number of imide groups is 1. The number of nitrogens with one attached hydrogen (secondary N) is 3. The molecule has 3 saturated heterocycles. The molecular formula is C23H35N5O3+2. The topological polar surface area (TPSA) is 78.6 Å². The van der Waals surface area contributed by atoms with Gasteiger partial charge in [0, 0.05) is 19.5 Å². The Bertz CT molecular complexity index is 771. The molecule has 1 aromatic rings.